The molecule has 0 bridgehead atoms. The Balaban J connectivity index is 1.67. The topological polar surface area (TPSA) is 55.4 Å². The number of hydrogen-bond donors (Lipinski definition) is 1. The maximum atomic E-state index is 13.0. The van der Waals surface area contributed by atoms with Gasteiger partial charge < -0.3 is 10.1 Å². The average molecular weight is 382 g/mol. The molecular formula is C22H20ClNO3. The highest BCUT2D eigenvalue weighted by atomic mass is 35.5. The van der Waals surface area contributed by atoms with Crippen LogP contribution in [0.5, 0.6) is 5.75 Å². The first kappa shape index (κ1) is 17.8. The molecule has 2 atom stereocenters. The second-order valence-electron chi connectivity index (χ2n) is 7.05. The van der Waals surface area contributed by atoms with E-state index in [2.05, 4.69) is 5.32 Å². The zero-order chi connectivity index (χ0) is 19.0. The van der Waals surface area contributed by atoms with Gasteiger partial charge in [-0.15, -0.1) is 0 Å². The average Bonchev–Trinajstić information content (AvgIpc) is 2.67. The van der Waals surface area contributed by atoms with Crippen LogP contribution < -0.4 is 10.1 Å². The molecule has 138 valence electrons. The molecule has 0 aromatic heterocycles. The quantitative estimate of drug-likeness (QED) is 0.859. The van der Waals surface area contributed by atoms with Crippen LogP contribution in [0.2, 0.25) is 5.02 Å². The van der Waals surface area contributed by atoms with Crippen molar-refractivity contribution >= 4 is 23.3 Å². The Kier molecular flexibility index (Phi) is 4.75. The first-order valence-corrected chi connectivity index (χ1v) is 9.38. The molecule has 0 saturated carbocycles. The van der Waals surface area contributed by atoms with Gasteiger partial charge >= 0.3 is 0 Å². The van der Waals surface area contributed by atoms with Crippen LogP contribution in [0.3, 0.4) is 0 Å². The van der Waals surface area contributed by atoms with Crippen molar-refractivity contribution in [2.24, 2.45) is 0 Å². The number of nitrogens with one attached hydrogen (secondary N) is 1. The van der Waals surface area contributed by atoms with E-state index in [-0.39, 0.29) is 23.5 Å². The second-order valence-corrected chi connectivity index (χ2v) is 7.49. The number of amides is 1. The molecule has 1 aliphatic heterocycles. The zero-order valence-corrected chi connectivity index (χ0v) is 15.8. The molecule has 5 heteroatoms. The number of halogens is 1. The molecule has 1 aliphatic carbocycles. The van der Waals surface area contributed by atoms with E-state index in [1.165, 1.54) is 0 Å². The predicted octanol–water partition coefficient (Wildman–Crippen LogP) is 4.35. The highest BCUT2D eigenvalue weighted by molar-refractivity contribution is 6.30. The fraction of sp³-hybridized carbons (Fsp3) is 0.273. The fourth-order valence-corrected chi connectivity index (χ4v) is 4.18. The van der Waals surface area contributed by atoms with Gasteiger partial charge in [-0.25, -0.2) is 0 Å². The molecule has 27 heavy (non-hydrogen) atoms. The summed E-state index contributed by atoms with van der Waals surface area (Å²) in [6.07, 6.45) is 1.40. The monoisotopic (exact) mass is 381 g/mol. The molecule has 0 fully saturated rings. The maximum Gasteiger partial charge on any atom is 0.225 e. The van der Waals surface area contributed by atoms with Gasteiger partial charge in [-0.3, -0.25) is 9.59 Å². The molecule has 4 nitrogen and oxygen atoms in total. The van der Waals surface area contributed by atoms with Gasteiger partial charge in [0.2, 0.25) is 5.91 Å². The lowest BCUT2D eigenvalue weighted by atomic mass is 9.73. The van der Waals surface area contributed by atoms with Crippen molar-refractivity contribution in [1.82, 2.24) is 5.32 Å². The number of ketones is 1. The summed E-state index contributed by atoms with van der Waals surface area (Å²) < 4.78 is 5.21. The summed E-state index contributed by atoms with van der Waals surface area (Å²) in [5, 5.41) is 3.59. The summed E-state index contributed by atoms with van der Waals surface area (Å²) in [6.45, 7) is 0. The molecular weight excluding hydrogens is 362 g/mol. The van der Waals surface area contributed by atoms with Gasteiger partial charge in [-0.2, -0.15) is 0 Å². The van der Waals surface area contributed by atoms with Crippen LogP contribution in [0.1, 0.15) is 42.2 Å². The summed E-state index contributed by atoms with van der Waals surface area (Å²) in [6, 6.07) is 15.2. The number of allylic oxidation sites excluding steroid dienone is 2. The maximum absolute atomic E-state index is 13.0. The van der Waals surface area contributed by atoms with E-state index in [9.17, 15) is 9.59 Å². The number of methoxy groups -OCH3 is 1. The highest BCUT2D eigenvalue weighted by Gasteiger charge is 2.38. The van der Waals surface area contributed by atoms with Gasteiger partial charge in [0.05, 0.1) is 7.11 Å². The Hall–Kier alpha value is -2.59. The van der Waals surface area contributed by atoms with Crippen molar-refractivity contribution in [3.8, 4) is 5.75 Å². The van der Waals surface area contributed by atoms with E-state index in [4.69, 9.17) is 16.3 Å². The third kappa shape index (κ3) is 3.50. The molecule has 4 rings (SSSR count). The van der Waals surface area contributed by atoms with Crippen LogP contribution in [-0.4, -0.2) is 18.8 Å². The Morgan fingerprint density at radius 2 is 1.59 bits per heavy atom. The number of hydrogen-bond acceptors (Lipinski definition) is 3. The van der Waals surface area contributed by atoms with Crippen molar-refractivity contribution in [2.75, 3.05) is 7.11 Å². The summed E-state index contributed by atoms with van der Waals surface area (Å²) >= 11 is 5.99. The zero-order valence-electron chi connectivity index (χ0n) is 15.0. The van der Waals surface area contributed by atoms with Crippen LogP contribution in [0, 0.1) is 0 Å². The van der Waals surface area contributed by atoms with E-state index in [0.717, 1.165) is 28.1 Å². The Bertz CT molecular complexity index is 916. The van der Waals surface area contributed by atoms with Gasteiger partial charge in [0, 0.05) is 35.1 Å². The van der Waals surface area contributed by atoms with E-state index in [0.29, 0.717) is 24.3 Å². The summed E-state index contributed by atoms with van der Waals surface area (Å²) in [4.78, 5) is 25.3. The smallest absolute Gasteiger partial charge is 0.225 e. The molecule has 0 unspecified atom stereocenters. The molecule has 0 radical (unpaired) electrons. The fourth-order valence-electron chi connectivity index (χ4n) is 4.05. The molecule has 1 N–H and O–H groups in total. The van der Waals surface area contributed by atoms with Gasteiger partial charge in [0.1, 0.15) is 5.75 Å². The number of ether oxygens (including phenoxy) is 1. The van der Waals surface area contributed by atoms with Crippen molar-refractivity contribution in [3.63, 3.8) is 0 Å². The van der Waals surface area contributed by atoms with Gasteiger partial charge in [-0.1, -0.05) is 35.9 Å². The third-order valence-corrected chi connectivity index (χ3v) is 5.65. The summed E-state index contributed by atoms with van der Waals surface area (Å²) in [5.74, 6) is 0.713. The van der Waals surface area contributed by atoms with Crippen molar-refractivity contribution in [3.05, 3.63) is 76.0 Å². The third-order valence-electron chi connectivity index (χ3n) is 5.40. The minimum absolute atomic E-state index is 0.0446. The molecule has 0 saturated heterocycles. The predicted molar refractivity (Wildman–Crippen MR) is 104 cm³/mol. The van der Waals surface area contributed by atoms with Crippen LogP contribution in [0.4, 0.5) is 0 Å². The van der Waals surface area contributed by atoms with E-state index < -0.39 is 0 Å². The molecule has 2 aromatic rings. The summed E-state index contributed by atoms with van der Waals surface area (Å²) in [7, 11) is 1.63. The van der Waals surface area contributed by atoms with E-state index in [1.54, 1.807) is 19.2 Å². The van der Waals surface area contributed by atoms with Crippen LogP contribution >= 0.6 is 11.6 Å². The van der Waals surface area contributed by atoms with E-state index >= 15 is 0 Å². The molecule has 0 spiro atoms. The molecule has 2 aromatic carbocycles. The van der Waals surface area contributed by atoms with Gasteiger partial charge in [-0.05, 0) is 47.7 Å². The van der Waals surface area contributed by atoms with E-state index in [1.807, 2.05) is 36.4 Å². The molecule has 1 amide bonds. The minimum atomic E-state index is -0.199. The van der Waals surface area contributed by atoms with Crippen molar-refractivity contribution < 1.29 is 14.3 Å². The SMILES string of the molecule is COc1ccc([C@@H]2CC(=O)C3=C(C2)NC(=O)C[C@H]3c2ccc(Cl)cc2)cc1. The first-order valence-electron chi connectivity index (χ1n) is 9.00. The van der Waals surface area contributed by atoms with Gasteiger partial charge in [0.15, 0.2) is 5.78 Å². The molecule has 2 aliphatic rings. The van der Waals surface area contributed by atoms with Crippen LogP contribution in [0.15, 0.2) is 59.8 Å². The lowest BCUT2D eigenvalue weighted by Gasteiger charge is -2.34. The Morgan fingerprint density at radius 3 is 2.26 bits per heavy atom. The Morgan fingerprint density at radius 1 is 0.926 bits per heavy atom. The summed E-state index contributed by atoms with van der Waals surface area (Å²) in [5.41, 5.74) is 3.56. The minimum Gasteiger partial charge on any atom is -0.497 e. The lowest BCUT2D eigenvalue weighted by molar-refractivity contribution is -0.122. The normalized spacial score (nSPS) is 22.3. The molecule has 1 heterocycles. The van der Waals surface area contributed by atoms with Crippen molar-refractivity contribution in [1.29, 1.82) is 0 Å². The Labute approximate surface area is 163 Å². The number of Topliss-reactive ketones (excluding diaryl/α,β-unsaturated/α-hetero) is 1. The largest absolute Gasteiger partial charge is 0.497 e. The highest BCUT2D eigenvalue weighted by Crippen LogP contribution is 2.42. The van der Waals surface area contributed by atoms with Crippen LogP contribution in [0.25, 0.3) is 0 Å². The lowest BCUT2D eigenvalue weighted by Crippen LogP contribution is -2.38. The van der Waals surface area contributed by atoms with Crippen LogP contribution in [-0.2, 0) is 9.59 Å². The number of benzene rings is 2. The number of rotatable bonds is 3. The first-order chi connectivity index (χ1) is 13.0. The second kappa shape index (κ2) is 7.20. The van der Waals surface area contributed by atoms with Gasteiger partial charge in [0.25, 0.3) is 0 Å². The van der Waals surface area contributed by atoms with Crippen molar-refractivity contribution in [2.45, 2.75) is 31.1 Å². The standard InChI is InChI=1S/C22H20ClNO3/c1-27-17-8-4-13(5-9-17)15-10-19-22(20(25)11-15)18(12-21(26)24-19)14-2-6-16(23)7-3-14/h2-9,15,18H,10-12H2,1H3,(H,24,26)/t15-,18-/m0/s1. The number of carbonyl (C=O) groups is 2. The number of carbonyl (C=O) groups excluding carboxylic acids is 2.